The van der Waals surface area contributed by atoms with Gasteiger partial charge in [0.25, 0.3) is 10.0 Å². The van der Waals surface area contributed by atoms with E-state index < -0.39 is 10.0 Å². The first-order chi connectivity index (χ1) is 20.0. The molecule has 2 fully saturated rings. The van der Waals surface area contributed by atoms with E-state index in [4.69, 9.17) is 9.72 Å². The van der Waals surface area contributed by atoms with E-state index in [1.54, 1.807) is 0 Å². The predicted octanol–water partition coefficient (Wildman–Crippen LogP) is 2.66. The Kier molecular flexibility index (Phi) is 8.15. The maximum Gasteiger partial charge on any atom is 0.258 e. The Hall–Kier alpha value is -3.58. The summed E-state index contributed by atoms with van der Waals surface area (Å²) in [7, 11) is -3.38. The molecular formula is C28H38N9O3S+. The predicted molar refractivity (Wildman–Crippen MR) is 154 cm³/mol. The van der Waals surface area contributed by atoms with Gasteiger partial charge in [-0.05, 0) is 51.0 Å². The van der Waals surface area contributed by atoms with E-state index in [1.807, 2.05) is 29.2 Å². The maximum absolute atomic E-state index is 12.3. The number of nitrogens with one attached hydrogen (secondary N) is 2. The zero-order valence-electron chi connectivity index (χ0n) is 23.4. The molecule has 0 aromatic carbocycles. The van der Waals surface area contributed by atoms with Crippen molar-refractivity contribution in [2.24, 2.45) is 0 Å². The third kappa shape index (κ3) is 6.20. The molecule has 12 nitrogen and oxygen atoms in total. The highest BCUT2D eigenvalue weighted by Gasteiger charge is 2.38. The van der Waals surface area contributed by atoms with Gasteiger partial charge in [0, 0.05) is 55.4 Å². The van der Waals surface area contributed by atoms with E-state index in [2.05, 4.69) is 49.7 Å². The van der Waals surface area contributed by atoms with E-state index in [9.17, 15) is 8.42 Å². The lowest BCUT2D eigenvalue weighted by molar-refractivity contribution is -0.378. The Bertz CT molecular complexity index is 1570. The quantitative estimate of drug-likeness (QED) is 0.237. The fourth-order valence-electron chi connectivity index (χ4n) is 5.39. The summed E-state index contributed by atoms with van der Waals surface area (Å²) >= 11 is 0. The molecule has 218 valence electrons. The first-order valence-electron chi connectivity index (χ1n) is 14.6. The second-order valence-electron chi connectivity index (χ2n) is 10.8. The summed E-state index contributed by atoms with van der Waals surface area (Å²) in [6.45, 7) is 4.84. The highest BCUT2D eigenvalue weighted by molar-refractivity contribution is 7.90. The smallest absolute Gasteiger partial charge is 0.258 e. The number of ether oxygens (including phenoxy) is 1. The number of hydrogen-bond acceptors (Lipinski definition) is 9. The van der Waals surface area contributed by atoms with Gasteiger partial charge in [-0.1, -0.05) is 12.1 Å². The minimum absolute atomic E-state index is 0.307. The van der Waals surface area contributed by atoms with Crippen LogP contribution in [0.5, 0.6) is 0 Å². The van der Waals surface area contributed by atoms with E-state index >= 15 is 0 Å². The summed E-state index contributed by atoms with van der Waals surface area (Å²) < 4.78 is 33.6. The molecular weight excluding hydrogens is 542 g/mol. The minimum Gasteiger partial charge on any atom is -0.381 e. The molecule has 1 aliphatic heterocycles. The number of piperidine rings is 1. The Morgan fingerprint density at radius 3 is 2.90 bits per heavy atom. The van der Waals surface area contributed by atoms with Crippen LogP contribution in [-0.4, -0.2) is 68.5 Å². The number of anilines is 2. The van der Waals surface area contributed by atoms with Crippen molar-refractivity contribution in [3.8, 4) is 0 Å². The van der Waals surface area contributed by atoms with Crippen LogP contribution in [0.4, 0.5) is 11.6 Å². The molecule has 5 heterocycles. The van der Waals surface area contributed by atoms with Crippen molar-refractivity contribution in [2.75, 3.05) is 30.0 Å². The van der Waals surface area contributed by atoms with Gasteiger partial charge < -0.3 is 15.0 Å². The average molecular weight is 581 g/mol. The normalized spacial score (nSPS) is 17.8. The highest BCUT2D eigenvalue weighted by atomic mass is 32.2. The maximum atomic E-state index is 12.3. The highest BCUT2D eigenvalue weighted by Crippen LogP contribution is 2.30. The zero-order valence-corrected chi connectivity index (χ0v) is 24.3. The van der Waals surface area contributed by atoms with Crippen LogP contribution in [-0.2, 0) is 34.1 Å². The van der Waals surface area contributed by atoms with Gasteiger partial charge in [0.05, 0.1) is 29.9 Å². The van der Waals surface area contributed by atoms with E-state index in [1.165, 1.54) is 12.6 Å². The fraction of sp³-hybridized carbons (Fsp3) is 0.536. The van der Waals surface area contributed by atoms with Crippen LogP contribution in [0.1, 0.15) is 62.3 Å². The van der Waals surface area contributed by atoms with E-state index in [0.717, 1.165) is 64.7 Å². The van der Waals surface area contributed by atoms with Crippen LogP contribution in [0.15, 0.2) is 43.0 Å². The van der Waals surface area contributed by atoms with Gasteiger partial charge in [-0.25, -0.2) is 18.4 Å². The molecule has 4 aromatic rings. The van der Waals surface area contributed by atoms with Crippen LogP contribution in [0.2, 0.25) is 0 Å². The molecule has 13 heteroatoms. The lowest BCUT2D eigenvalue weighted by Crippen LogP contribution is -2.41. The molecule has 1 saturated carbocycles. The molecule has 41 heavy (non-hydrogen) atoms. The Morgan fingerprint density at radius 1 is 1.20 bits per heavy atom. The van der Waals surface area contributed by atoms with Crippen LogP contribution in [0.25, 0.3) is 5.65 Å². The summed E-state index contributed by atoms with van der Waals surface area (Å²) in [6.07, 6.45) is 14.4. The van der Waals surface area contributed by atoms with Crippen molar-refractivity contribution in [2.45, 2.75) is 76.1 Å². The van der Waals surface area contributed by atoms with Crippen molar-refractivity contribution < 1.29 is 18.1 Å². The lowest BCUT2D eigenvalue weighted by Gasteiger charge is -2.37. The van der Waals surface area contributed by atoms with Crippen molar-refractivity contribution in [1.29, 1.82) is 0 Å². The van der Waals surface area contributed by atoms with Gasteiger partial charge in [0.15, 0.2) is 18.0 Å². The monoisotopic (exact) mass is 580 g/mol. The molecule has 6 rings (SSSR count). The van der Waals surface area contributed by atoms with Crippen LogP contribution in [0.3, 0.4) is 0 Å². The van der Waals surface area contributed by atoms with Crippen molar-refractivity contribution in [1.82, 2.24) is 29.0 Å². The average Bonchev–Trinajstić information content (AvgIpc) is 3.62. The number of fused-ring (bicyclic) bond motifs is 1. The van der Waals surface area contributed by atoms with Crippen molar-refractivity contribution >= 4 is 27.3 Å². The summed E-state index contributed by atoms with van der Waals surface area (Å²) in [5.41, 5.74) is 3.81. The standard InChI is InChI=1S/C28H37N9O3S/c1-2-22-19-31-37-26(30-18-21-6-5-12-29-17-21)16-27(32-28(22)37)35-13-4-3-7-24(35)11-15-40-14-10-23-20-36(34-33-23)41(38,39)25-8-9-25/h5-6,12,16-17,19-20,24-25,30H,2-4,7-11,13-15,18H2,1H3/p+1. The molecule has 1 unspecified atom stereocenters. The molecule has 1 atom stereocenters. The zero-order chi connectivity index (χ0) is 28.2. The van der Waals surface area contributed by atoms with Crippen LogP contribution < -0.4 is 15.2 Å². The first kappa shape index (κ1) is 27.6. The van der Waals surface area contributed by atoms with Crippen LogP contribution >= 0.6 is 0 Å². The van der Waals surface area contributed by atoms with Gasteiger partial charge in [0.2, 0.25) is 0 Å². The molecule has 0 amide bonds. The number of nitrogens with zero attached hydrogens (tertiary/aromatic N) is 7. The van der Waals surface area contributed by atoms with E-state index in [0.29, 0.717) is 50.8 Å². The number of pyridine rings is 1. The van der Waals surface area contributed by atoms with Gasteiger partial charge in [-0.15, -0.1) is 9.19 Å². The number of H-pyrrole nitrogens is 1. The Labute approximate surface area is 240 Å². The van der Waals surface area contributed by atoms with Gasteiger partial charge in [-0.3, -0.25) is 0 Å². The number of rotatable bonds is 13. The topological polar surface area (TPSA) is 134 Å². The summed E-state index contributed by atoms with van der Waals surface area (Å²) in [5, 5.41) is 15.8. The SMILES string of the molecule is CCc1cnn2c(NCc3ccc[nH+]c3)cc(N3CCCCC3CCOCCc3cn(S(=O)(=O)C4CC4)nn3)nc12. The molecule has 0 bridgehead atoms. The second-order valence-corrected chi connectivity index (χ2v) is 12.9. The summed E-state index contributed by atoms with van der Waals surface area (Å²) in [6, 6.07) is 6.52. The molecule has 1 saturated heterocycles. The third-order valence-corrected chi connectivity index (χ3v) is 9.92. The van der Waals surface area contributed by atoms with E-state index in [-0.39, 0.29) is 5.25 Å². The third-order valence-electron chi connectivity index (χ3n) is 7.90. The van der Waals surface area contributed by atoms with Gasteiger partial charge >= 0.3 is 0 Å². The second kappa shape index (κ2) is 12.1. The number of hydrogen-bond donors (Lipinski definition) is 1. The molecule has 0 radical (unpaired) electrons. The molecule has 2 N–H and O–H groups in total. The fourth-order valence-corrected chi connectivity index (χ4v) is 6.83. The van der Waals surface area contributed by atoms with Crippen LogP contribution in [0, 0.1) is 0 Å². The molecule has 4 aromatic heterocycles. The molecule has 1 aliphatic carbocycles. The largest absolute Gasteiger partial charge is 0.381 e. The molecule has 2 aliphatic rings. The molecule has 0 spiro atoms. The number of aromatic nitrogens is 7. The van der Waals surface area contributed by atoms with Gasteiger partial charge in [-0.2, -0.15) is 9.61 Å². The van der Waals surface area contributed by atoms with Crippen molar-refractivity contribution in [3.63, 3.8) is 0 Å². The Morgan fingerprint density at radius 2 is 2.10 bits per heavy atom. The number of aromatic amines is 1. The lowest BCUT2D eigenvalue weighted by atomic mass is 9.99. The van der Waals surface area contributed by atoms with Crippen molar-refractivity contribution in [3.05, 3.63) is 59.8 Å². The Balaban J connectivity index is 1.09. The first-order valence-corrected chi connectivity index (χ1v) is 16.1. The summed E-state index contributed by atoms with van der Waals surface area (Å²) in [5.74, 6) is 1.89. The number of aryl methyl sites for hydroxylation is 1. The summed E-state index contributed by atoms with van der Waals surface area (Å²) in [4.78, 5) is 10.7. The minimum atomic E-state index is -3.38. The van der Waals surface area contributed by atoms with Gasteiger partial charge in [0.1, 0.15) is 11.6 Å².